The summed E-state index contributed by atoms with van der Waals surface area (Å²) in [6, 6.07) is 16.7. The number of hydrogen-bond donors (Lipinski definition) is 0. The number of nitriles is 1. The van der Waals surface area contributed by atoms with E-state index in [-0.39, 0.29) is 5.92 Å². The van der Waals surface area contributed by atoms with Crippen molar-refractivity contribution in [1.82, 2.24) is 0 Å². The number of nitrogens with zero attached hydrogens (tertiary/aromatic N) is 1. The topological polar surface area (TPSA) is 33.0 Å². The smallest absolute Gasteiger partial charge is 0.119 e. The van der Waals surface area contributed by atoms with E-state index in [0.29, 0.717) is 6.61 Å². The maximum absolute atomic E-state index is 9.40. The average molecular weight is 293 g/mol. The van der Waals surface area contributed by atoms with Crippen LogP contribution in [-0.2, 0) is 0 Å². The molecule has 0 radical (unpaired) electrons. The average Bonchev–Trinajstić information content (AvgIpc) is 2.52. The molecule has 0 aliphatic carbocycles. The lowest BCUT2D eigenvalue weighted by molar-refractivity contribution is 0.304. The van der Waals surface area contributed by atoms with Gasteiger partial charge in [-0.25, -0.2) is 0 Å². The molecule has 1 atom stereocenters. The molecule has 1 unspecified atom stereocenters. The van der Waals surface area contributed by atoms with Crippen LogP contribution in [0.1, 0.15) is 41.0 Å². The van der Waals surface area contributed by atoms with Crippen LogP contribution < -0.4 is 4.74 Å². The second-order valence-corrected chi connectivity index (χ2v) is 5.78. The Bertz CT molecular complexity index is 670. The highest BCUT2D eigenvalue weighted by Crippen LogP contribution is 2.24. The fourth-order valence-corrected chi connectivity index (χ4v) is 2.55. The summed E-state index contributed by atoms with van der Waals surface area (Å²) < 4.78 is 5.79. The molecular formula is C20H23NO. The Kier molecular flexibility index (Phi) is 5.61. The van der Waals surface area contributed by atoms with E-state index in [1.807, 2.05) is 24.3 Å². The second-order valence-electron chi connectivity index (χ2n) is 5.78. The van der Waals surface area contributed by atoms with Crippen molar-refractivity contribution in [2.75, 3.05) is 6.61 Å². The van der Waals surface area contributed by atoms with Crippen molar-refractivity contribution < 1.29 is 4.74 Å². The Labute approximate surface area is 133 Å². The van der Waals surface area contributed by atoms with Crippen LogP contribution in [0.2, 0.25) is 0 Å². The molecular weight excluding hydrogens is 270 g/mol. The van der Waals surface area contributed by atoms with Crippen LogP contribution in [0.4, 0.5) is 0 Å². The molecule has 0 bridgehead atoms. The lowest BCUT2D eigenvalue weighted by atomic mass is 9.92. The summed E-state index contributed by atoms with van der Waals surface area (Å²) in [5, 5.41) is 9.40. The first-order valence-corrected chi connectivity index (χ1v) is 7.77. The first-order valence-electron chi connectivity index (χ1n) is 7.77. The number of aryl methyl sites for hydroxylation is 3. The highest BCUT2D eigenvalue weighted by atomic mass is 16.5. The van der Waals surface area contributed by atoms with E-state index >= 15 is 0 Å². The minimum atomic E-state index is -0.0513. The third-order valence-electron chi connectivity index (χ3n) is 4.10. The van der Waals surface area contributed by atoms with Gasteiger partial charge in [0, 0.05) is 0 Å². The predicted octanol–water partition coefficient (Wildman–Crippen LogP) is 5.08. The Hall–Kier alpha value is -2.27. The molecule has 0 N–H and O–H groups in total. The van der Waals surface area contributed by atoms with E-state index in [4.69, 9.17) is 4.74 Å². The molecule has 0 aliphatic rings. The number of hydrogen-bond acceptors (Lipinski definition) is 2. The van der Waals surface area contributed by atoms with Crippen LogP contribution in [0.15, 0.2) is 42.5 Å². The Morgan fingerprint density at radius 2 is 1.77 bits per heavy atom. The van der Waals surface area contributed by atoms with Crippen LogP contribution in [0, 0.1) is 32.1 Å². The normalized spacial score (nSPS) is 11.7. The zero-order chi connectivity index (χ0) is 15.9. The Morgan fingerprint density at radius 1 is 1.00 bits per heavy atom. The molecule has 22 heavy (non-hydrogen) atoms. The minimum Gasteiger partial charge on any atom is -0.494 e. The molecule has 2 rings (SSSR count). The summed E-state index contributed by atoms with van der Waals surface area (Å²) in [7, 11) is 0. The van der Waals surface area contributed by atoms with Gasteiger partial charge in [-0.05, 0) is 68.0 Å². The first kappa shape index (κ1) is 16.1. The second kappa shape index (κ2) is 7.66. The molecule has 0 saturated carbocycles. The van der Waals surface area contributed by atoms with E-state index < -0.39 is 0 Å². The summed E-state index contributed by atoms with van der Waals surface area (Å²) in [4.78, 5) is 0. The van der Waals surface area contributed by atoms with Gasteiger partial charge in [-0.3, -0.25) is 0 Å². The van der Waals surface area contributed by atoms with Gasteiger partial charge in [0.15, 0.2) is 0 Å². The van der Waals surface area contributed by atoms with Crippen LogP contribution in [0.3, 0.4) is 0 Å². The zero-order valence-corrected chi connectivity index (χ0v) is 13.6. The van der Waals surface area contributed by atoms with Crippen LogP contribution >= 0.6 is 0 Å². The van der Waals surface area contributed by atoms with E-state index in [1.165, 1.54) is 16.7 Å². The van der Waals surface area contributed by atoms with Crippen molar-refractivity contribution in [2.45, 2.75) is 39.5 Å². The van der Waals surface area contributed by atoms with Gasteiger partial charge in [0.05, 0.1) is 18.6 Å². The number of ether oxygens (including phenoxy) is 1. The van der Waals surface area contributed by atoms with Crippen molar-refractivity contribution in [1.29, 1.82) is 5.26 Å². The lowest BCUT2D eigenvalue weighted by Gasteiger charge is -2.13. The van der Waals surface area contributed by atoms with Gasteiger partial charge in [-0.1, -0.05) is 30.3 Å². The summed E-state index contributed by atoms with van der Waals surface area (Å²) in [6.45, 7) is 6.89. The van der Waals surface area contributed by atoms with Gasteiger partial charge >= 0.3 is 0 Å². The molecule has 0 aliphatic heterocycles. The highest BCUT2D eigenvalue weighted by molar-refractivity contribution is 5.34. The molecule has 2 aromatic carbocycles. The maximum atomic E-state index is 9.40. The molecule has 0 fully saturated rings. The third-order valence-corrected chi connectivity index (χ3v) is 4.10. The lowest BCUT2D eigenvalue weighted by Crippen LogP contribution is -2.03. The fraction of sp³-hybridized carbons (Fsp3) is 0.350. The first-order chi connectivity index (χ1) is 10.6. The maximum Gasteiger partial charge on any atom is 0.119 e. The largest absolute Gasteiger partial charge is 0.494 e. The quantitative estimate of drug-likeness (QED) is 0.696. The van der Waals surface area contributed by atoms with Gasteiger partial charge in [0.1, 0.15) is 5.75 Å². The van der Waals surface area contributed by atoms with E-state index in [9.17, 15) is 5.26 Å². The predicted molar refractivity (Wildman–Crippen MR) is 90.2 cm³/mol. The standard InChI is InChI=1S/C20H23NO/c1-15-10-11-19(13-17(15)3)22-12-6-8-18(14-21)20-9-5-4-7-16(20)2/h4-5,7,9-11,13,18H,6,8,12H2,1-3H3. The highest BCUT2D eigenvalue weighted by Gasteiger charge is 2.12. The molecule has 2 nitrogen and oxygen atoms in total. The van der Waals surface area contributed by atoms with Crippen molar-refractivity contribution in [3.63, 3.8) is 0 Å². The molecule has 0 heterocycles. The molecule has 2 aromatic rings. The van der Waals surface area contributed by atoms with Gasteiger partial charge in [0.25, 0.3) is 0 Å². The van der Waals surface area contributed by atoms with E-state index in [2.05, 4.69) is 45.0 Å². The van der Waals surface area contributed by atoms with Crippen molar-refractivity contribution in [3.05, 3.63) is 64.7 Å². The molecule has 0 spiro atoms. The Morgan fingerprint density at radius 3 is 2.45 bits per heavy atom. The van der Waals surface area contributed by atoms with Gasteiger partial charge in [0.2, 0.25) is 0 Å². The summed E-state index contributed by atoms with van der Waals surface area (Å²) in [6.07, 6.45) is 1.70. The van der Waals surface area contributed by atoms with Crippen LogP contribution in [0.5, 0.6) is 5.75 Å². The summed E-state index contributed by atoms with van der Waals surface area (Å²) in [5.74, 6) is 0.858. The van der Waals surface area contributed by atoms with Crippen molar-refractivity contribution in [2.24, 2.45) is 0 Å². The fourth-order valence-electron chi connectivity index (χ4n) is 2.55. The van der Waals surface area contributed by atoms with Crippen molar-refractivity contribution in [3.8, 4) is 11.8 Å². The number of benzene rings is 2. The number of rotatable bonds is 6. The molecule has 114 valence electrons. The summed E-state index contributed by atoms with van der Waals surface area (Å²) >= 11 is 0. The monoisotopic (exact) mass is 293 g/mol. The van der Waals surface area contributed by atoms with E-state index in [0.717, 1.165) is 24.2 Å². The van der Waals surface area contributed by atoms with Crippen molar-refractivity contribution >= 4 is 0 Å². The van der Waals surface area contributed by atoms with Gasteiger partial charge < -0.3 is 4.74 Å². The van der Waals surface area contributed by atoms with E-state index in [1.54, 1.807) is 0 Å². The van der Waals surface area contributed by atoms with Gasteiger partial charge in [-0.15, -0.1) is 0 Å². The third kappa shape index (κ3) is 4.11. The van der Waals surface area contributed by atoms with Gasteiger partial charge in [-0.2, -0.15) is 5.26 Å². The molecule has 0 amide bonds. The Balaban J connectivity index is 1.86. The van der Waals surface area contributed by atoms with Crippen LogP contribution in [-0.4, -0.2) is 6.61 Å². The minimum absolute atomic E-state index is 0.0513. The molecule has 0 saturated heterocycles. The molecule has 0 aromatic heterocycles. The SMILES string of the molecule is Cc1ccc(OCCCC(C#N)c2ccccc2C)cc1C. The zero-order valence-electron chi connectivity index (χ0n) is 13.6. The molecule has 2 heteroatoms. The van der Waals surface area contributed by atoms with Crippen LogP contribution in [0.25, 0.3) is 0 Å². The summed E-state index contributed by atoms with van der Waals surface area (Å²) in [5.41, 5.74) is 4.84.